The number of hydrogen-bond acceptors (Lipinski definition) is 7. The highest BCUT2D eigenvalue weighted by molar-refractivity contribution is 5.72. The smallest absolute Gasteiger partial charge is 0.216 e. The normalized spacial score (nSPS) is 36.8. The first-order chi connectivity index (χ1) is 17.6. The number of hydrogen-bond donors (Lipinski definition) is 3. The minimum absolute atomic E-state index is 0.0816. The molecular formula is C28H52N6O2. The van der Waals surface area contributed by atoms with Crippen LogP contribution in [0, 0.1) is 5.92 Å². The van der Waals surface area contributed by atoms with Gasteiger partial charge in [-0.2, -0.15) is 0 Å². The highest BCUT2D eigenvalue weighted by Gasteiger charge is 2.44. The average Bonchev–Trinajstić information content (AvgIpc) is 3.27. The lowest BCUT2D eigenvalue weighted by Gasteiger charge is -2.49. The van der Waals surface area contributed by atoms with Gasteiger partial charge >= 0.3 is 0 Å². The van der Waals surface area contributed by atoms with Gasteiger partial charge in [-0.1, -0.05) is 19.3 Å². The highest BCUT2D eigenvalue weighted by atomic mass is 16.5. The van der Waals surface area contributed by atoms with Crippen molar-refractivity contribution in [1.82, 2.24) is 30.9 Å². The van der Waals surface area contributed by atoms with E-state index in [9.17, 15) is 4.79 Å². The van der Waals surface area contributed by atoms with E-state index in [2.05, 4.69) is 30.9 Å². The zero-order valence-corrected chi connectivity index (χ0v) is 22.9. The van der Waals surface area contributed by atoms with Gasteiger partial charge in [-0.15, -0.1) is 0 Å². The topological polar surface area (TPSA) is 72.1 Å². The summed E-state index contributed by atoms with van der Waals surface area (Å²) in [5.41, 5.74) is 3.93. The van der Waals surface area contributed by atoms with Crippen LogP contribution in [0.15, 0.2) is 0 Å². The molecule has 8 nitrogen and oxygen atoms in total. The summed E-state index contributed by atoms with van der Waals surface area (Å²) in [6.07, 6.45) is 14.6. The van der Waals surface area contributed by atoms with Crippen LogP contribution >= 0.6 is 0 Å². The number of carbonyl (C=O) groups excluding carboxylic acids is 1. The SMILES string of the molecule is COC1CCC2CCCNC2C1N1CCCN(C(CNC(C)=O)C2CCN(C3CCCCC3)N2)CC1. The molecule has 5 aliphatic rings. The Balaban J connectivity index is 1.24. The molecule has 2 saturated carbocycles. The summed E-state index contributed by atoms with van der Waals surface area (Å²) in [6.45, 7) is 9.08. The molecule has 8 heteroatoms. The van der Waals surface area contributed by atoms with Crippen molar-refractivity contribution in [2.24, 2.45) is 5.92 Å². The van der Waals surface area contributed by atoms with Crippen LogP contribution < -0.4 is 16.1 Å². The summed E-state index contributed by atoms with van der Waals surface area (Å²) in [5, 5.41) is 9.63. The lowest BCUT2D eigenvalue weighted by atomic mass is 9.74. The van der Waals surface area contributed by atoms with Gasteiger partial charge < -0.3 is 15.4 Å². The largest absolute Gasteiger partial charge is 0.380 e. The molecule has 5 fully saturated rings. The number of ether oxygens (including phenoxy) is 1. The molecule has 5 rings (SSSR count). The van der Waals surface area contributed by atoms with E-state index in [1.165, 1.54) is 70.6 Å². The molecule has 0 radical (unpaired) electrons. The molecule has 0 aromatic heterocycles. The van der Waals surface area contributed by atoms with E-state index in [-0.39, 0.29) is 5.91 Å². The summed E-state index contributed by atoms with van der Waals surface area (Å²) in [4.78, 5) is 17.3. The zero-order valence-electron chi connectivity index (χ0n) is 22.9. The van der Waals surface area contributed by atoms with Gasteiger partial charge in [-0.05, 0) is 76.9 Å². The Hall–Kier alpha value is -0.770. The number of hydrazine groups is 1. The van der Waals surface area contributed by atoms with Gasteiger partial charge in [-0.3, -0.25) is 20.0 Å². The number of nitrogens with zero attached hydrogens (tertiary/aromatic N) is 3. The summed E-state index contributed by atoms with van der Waals surface area (Å²) >= 11 is 0. The first kappa shape index (κ1) is 26.8. The van der Waals surface area contributed by atoms with Crippen molar-refractivity contribution in [3.8, 4) is 0 Å². The summed E-state index contributed by atoms with van der Waals surface area (Å²) in [7, 11) is 1.91. The van der Waals surface area contributed by atoms with Crippen LogP contribution in [-0.2, 0) is 9.53 Å². The van der Waals surface area contributed by atoms with Crippen molar-refractivity contribution in [2.45, 2.75) is 114 Å². The molecule has 6 unspecified atom stereocenters. The van der Waals surface area contributed by atoms with Gasteiger partial charge in [0.15, 0.2) is 0 Å². The first-order valence-corrected chi connectivity index (χ1v) is 15.2. The summed E-state index contributed by atoms with van der Waals surface area (Å²) in [6, 6.07) is 2.50. The Morgan fingerprint density at radius 3 is 2.61 bits per heavy atom. The minimum Gasteiger partial charge on any atom is -0.380 e. The molecule has 1 amide bonds. The predicted octanol–water partition coefficient (Wildman–Crippen LogP) is 1.96. The fourth-order valence-electron chi connectivity index (χ4n) is 8.14. The van der Waals surface area contributed by atoms with Gasteiger partial charge in [0.1, 0.15) is 0 Å². The first-order valence-electron chi connectivity index (χ1n) is 15.2. The van der Waals surface area contributed by atoms with E-state index in [0.717, 1.165) is 51.7 Å². The van der Waals surface area contributed by atoms with E-state index in [4.69, 9.17) is 4.74 Å². The molecule has 0 aromatic rings. The fourth-order valence-corrected chi connectivity index (χ4v) is 8.14. The van der Waals surface area contributed by atoms with Gasteiger partial charge in [0.25, 0.3) is 0 Å². The van der Waals surface area contributed by atoms with Gasteiger partial charge in [0.2, 0.25) is 5.91 Å². The molecule has 3 heterocycles. The van der Waals surface area contributed by atoms with E-state index < -0.39 is 0 Å². The maximum Gasteiger partial charge on any atom is 0.216 e. The third-order valence-corrected chi connectivity index (χ3v) is 10.0. The molecule has 3 N–H and O–H groups in total. The van der Waals surface area contributed by atoms with Crippen molar-refractivity contribution >= 4 is 5.91 Å². The van der Waals surface area contributed by atoms with E-state index in [0.29, 0.717) is 36.3 Å². The number of fused-ring (bicyclic) bond motifs is 1. The van der Waals surface area contributed by atoms with Crippen LogP contribution in [0.25, 0.3) is 0 Å². The number of piperidine rings is 1. The van der Waals surface area contributed by atoms with Crippen LogP contribution in [0.4, 0.5) is 0 Å². The van der Waals surface area contributed by atoms with Crippen molar-refractivity contribution in [3.05, 3.63) is 0 Å². The Bertz CT molecular complexity index is 704. The Kier molecular flexibility index (Phi) is 9.58. The number of carbonyl (C=O) groups is 1. The molecule has 3 saturated heterocycles. The van der Waals surface area contributed by atoms with Crippen molar-refractivity contribution in [3.63, 3.8) is 0 Å². The fraction of sp³-hybridized carbons (Fsp3) is 0.964. The predicted molar refractivity (Wildman–Crippen MR) is 144 cm³/mol. The molecule has 0 aromatic carbocycles. The molecule has 2 aliphatic carbocycles. The number of nitrogens with one attached hydrogen (secondary N) is 3. The van der Waals surface area contributed by atoms with Crippen LogP contribution in [0.5, 0.6) is 0 Å². The third-order valence-electron chi connectivity index (χ3n) is 10.0. The quantitative estimate of drug-likeness (QED) is 0.490. The Morgan fingerprint density at radius 2 is 1.81 bits per heavy atom. The molecule has 36 heavy (non-hydrogen) atoms. The van der Waals surface area contributed by atoms with Gasteiger partial charge in [-0.25, -0.2) is 5.01 Å². The molecule has 6 atom stereocenters. The summed E-state index contributed by atoms with van der Waals surface area (Å²) < 4.78 is 6.08. The molecule has 0 spiro atoms. The van der Waals surface area contributed by atoms with E-state index in [1.54, 1.807) is 6.92 Å². The second-order valence-electron chi connectivity index (χ2n) is 12.2. The third kappa shape index (κ3) is 6.26. The molecule has 206 valence electrons. The average molecular weight is 505 g/mol. The second-order valence-corrected chi connectivity index (χ2v) is 12.2. The van der Waals surface area contributed by atoms with E-state index in [1.807, 2.05) is 7.11 Å². The molecule has 0 bridgehead atoms. The maximum atomic E-state index is 11.9. The minimum atomic E-state index is 0.0816. The highest BCUT2D eigenvalue weighted by Crippen LogP contribution is 2.35. The molecular weight excluding hydrogens is 452 g/mol. The lowest BCUT2D eigenvalue weighted by molar-refractivity contribution is -0.119. The Labute approximate surface area is 219 Å². The van der Waals surface area contributed by atoms with Crippen molar-refractivity contribution < 1.29 is 9.53 Å². The number of rotatable bonds is 7. The van der Waals surface area contributed by atoms with Gasteiger partial charge in [0.05, 0.1) is 12.1 Å². The Morgan fingerprint density at radius 1 is 0.944 bits per heavy atom. The monoisotopic (exact) mass is 504 g/mol. The van der Waals surface area contributed by atoms with E-state index >= 15 is 0 Å². The molecule has 3 aliphatic heterocycles. The zero-order chi connectivity index (χ0) is 24.9. The standard InChI is InChI=1S/C28H52N6O2/c1-21(35)30-20-25(24-13-17-34(31-24)23-9-4-3-5-10-23)32-15-7-16-33(19-18-32)28-26(36-2)12-11-22-8-6-14-29-27(22)28/h22-29,31H,3-20H2,1-2H3,(H,30,35). The number of amides is 1. The summed E-state index contributed by atoms with van der Waals surface area (Å²) in [5.74, 6) is 0.883. The van der Waals surface area contributed by atoms with Crippen LogP contribution in [0.3, 0.4) is 0 Å². The van der Waals surface area contributed by atoms with Crippen molar-refractivity contribution in [2.75, 3.05) is 52.9 Å². The van der Waals surface area contributed by atoms with Crippen LogP contribution in [0.1, 0.15) is 77.6 Å². The second kappa shape index (κ2) is 12.9. The van der Waals surface area contributed by atoms with Crippen LogP contribution in [0.2, 0.25) is 0 Å². The number of methoxy groups -OCH3 is 1. The maximum absolute atomic E-state index is 11.9. The lowest BCUT2D eigenvalue weighted by Crippen LogP contribution is -2.63. The van der Waals surface area contributed by atoms with Crippen molar-refractivity contribution in [1.29, 1.82) is 0 Å². The van der Waals surface area contributed by atoms with Gasteiger partial charge in [0, 0.05) is 64.4 Å². The van der Waals surface area contributed by atoms with Crippen LogP contribution in [-0.4, -0.2) is 110 Å².